The van der Waals surface area contributed by atoms with Gasteiger partial charge in [0, 0.05) is 31.9 Å². The van der Waals surface area contributed by atoms with Crippen LogP contribution in [0.25, 0.3) is 0 Å². The van der Waals surface area contributed by atoms with Crippen molar-refractivity contribution < 1.29 is 9.90 Å². The molecule has 2 aliphatic heterocycles. The summed E-state index contributed by atoms with van der Waals surface area (Å²) in [4.78, 5) is 27.3. The number of nitrogens with one attached hydrogen (secondary N) is 1. The average Bonchev–Trinajstić information content (AvgIpc) is 3.69. The van der Waals surface area contributed by atoms with Gasteiger partial charge in [-0.1, -0.05) is 12.1 Å². The van der Waals surface area contributed by atoms with E-state index in [2.05, 4.69) is 37.3 Å². The number of benzene rings is 1. The van der Waals surface area contributed by atoms with Crippen LogP contribution < -0.4 is 16.0 Å². The first-order valence-electron chi connectivity index (χ1n) is 13.2. The molecule has 0 spiro atoms. The normalized spacial score (nSPS) is 22.5. The second-order valence-corrected chi connectivity index (χ2v) is 10.4. The number of carbonyl (C=O) groups excluding carboxylic acids is 1. The highest BCUT2D eigenvalue weighted by atomic mass is 16.3. The second-order valence-electron chi connectivity index (χ2n) is 10.4. The van der Waals surface area contributed by atoms with Crippen LogP contribution in [0.15, 0.2) is 42.9 Å². The summed E-state index contributed by atoms with van der Waals surface area (Å²) >= 11 is 0. The van der Waals surface area contributed by atoms with Crippen LogP contribution in [0.5, 0.6) is 0 Å². The first-order chi connectivity index (χ1) is 18.0. The molecule has 2 saturated heterocycles. The first-order valence-corrected chi connectivity index (χ1v) is 13.2. The molecule has 3 fully saturated rings. The maximum Gasteiger partial charge on any atom is 0.254 e. The van der Waals surface area contributed by atoms with Crippen LogP contribution in [0.2, 0.25) is 0 Å². The molecule has 1 unspecified atom stereocenters. The number of amides is 1. The van der Waals surface area contributed by atoms with Gasteiger partial charge in [0.1, 0.15) is 17.7 Å². The highest BCUT2D eigenvalue weighted by Crippen LogP contribution is 2.40. The van der Waals surface area contributed by atoms with Gasteiger partial charge in [0.05, 0.1) is 30.2 Å². The number of aryl methyl sites for hydroxylation is 1. The molecule has 194 valence electrons. The highest BCUT2D eigenvalue weighted by molar-refractivity contribution is 5.94. The van der Waals surface area contributed by atoms with Gasteiger partial charge in [-0.3, -0.25) is 9.48 Å². The number of aliphatic hydroxyl groups excluding tert-OH is 1. The van der Waals surface area contributed by atoms with Crippen LogP contribution in [-0.4, -0.2) is 60.8 Å². The summed E-state index contributed by atoms with van der Waals surface area (Å²) in [5, 5.41) is 17.5. The van der Waals surface area contributed by atoms with Crippen molar-refractivity contribution in [3.05, 3.63) is 59.7 Å². The molecule has 1 aromatic carbocycles. The predicted molar refractivity (Wildman–Crippen MR) is 141 cm³/mol. The minimum Gasteiger partial charge on any atom is -0.373 e. The summed E-state index contributed by atoms with van der Waals surface area (Å²) in [6.45, 7) is 1.61. The monoisotopic (exact) mass is 502 g/mol. The van der Waals surface area contributed by atoms with Gasteiger partial charge in [0.25, 0.3) is 5.91 Å². The Morgan fingerprint density at radius 3 is 2.54 bits per heavy atom. The number of carbonyl (C=O) groups is 1. The number of rotatable bonds is 6. The van der Waals surface area contributed by atoms with Crippen LogP contribution in [0, 0.1) is 0 Å². The van der Waals surface area contributed by atoms with E-state index in [1.165, 1.54) is 18.4 Å². The van der Waals surface area contributed by atoms with Crippen molar-refractivity contribution in [3.8, 4) is 0 Å². The van der Waals surface area contributed by atoms with E-state index >= 15 is 0 Å². The minimum atomic E-state index is -1.26. The average molecular weight is 503 g/mol. The van der Waals surface area contributed by atoms with E-state index in [0.717, 1.165) is 50.0 Å². The Bertz CT molecular complexity index is 1270. The molecule has 0 bridgehead atoms. The van der Waals surface area contributed by atoms with Gasteiger partial charge < -0.3 is 26.0 Å². The third-order valence-electron chi connectivity index (χ3n) is 7.84. The minimum absolute atomic E-state index is 0.116. The number of fused-ring (bicyclic) bond motifs is 1. The van der Waals surface area contributed by atoms with Crippen LogP contribution >= 0.6 is 0 Å². The molecule has 4 N–H and O–H groups in total. The van der Waals surface area contributed by atoms with Gasteiger partial charge >= 0.3 is 0 Å². The summed E-state index contributed by atoms with van der Waals surface area (Å²) in [7, 11) is 1.83. The topological polar surface area (TPSA) is 125 Å². The summed E-state index contributed by atoms with van der Waals surface area (Å²) in [5.41, 5.74) is 8.90. The largest absolute Gasteiger partial charge is 0.373 e. The Kier molecular flexibility index (Phi) is 6.29. The maximum atomic E-state index is 13.6. The number of aliphatic hydroxyl groups is 1. The van der Waals surface area contributed by atoms with E-state index in [1.54, 1.807) is 17.1 Å². The quantitative estimate of drug-likeness (QED) is 0.439. The fourth-order valence-corrected chi connectivity index (χ4v) is 5.86. The summed E-state index contributed by atoms with van der Waals surface area (Å²) in [5.74, 6) is 1.92. The third-order valence-corrected chi connectivity index (χ3v) is 7.84. The predicted octanol–water partition coefficient (Wildman–Crippen LogP) is 3.05. The number of aromatic nitrogens is 4. The van der Waals surface area contributed by atoms with Crippen LogP contribution in [0.1, 0.15) is 72.3 Å². The molecule has 1 amide bonds. The van der Waals surface area contributed by atoms with E-state index in [0.29, 0.717) is 17.6 Å². The molecule has 3 aliphatic rings. The summed E-state index contributed by atoms with van der Waals surface area (Å²) in [6.07, 6.45) is 10.3. The molecule has 37 heavy (non-hydrogen) atoms. The van der Waals surface area contributed by atoms with E-state index in [4.69, 9.17) is 10.7 Å². The van der Waals surface area contributed by atoms with E-state index < -0.39 is 6.23 Å². The van der Waals surface area contributed by atoms with Crippen molar-refractivity contribution in [2.45, 2.75) is 62.8 Å². The van der Waals surface area contributed by atoms with Gasteiger partial charge in [0.15, 0.2) is 5.82 Å². The maximum absolute atomic E-state index is 13.6. The van der Waals surface area contributed by atoms with Gasteiger partial charge in [0.2, 0.25) is 0 Å². The number of nitrogens with zero attached hydrogens (tertiary/aromatic N) is 6. The van der Waals surface area contributed by atoms with Crippen molar-refractivity contribution in [2.75, 3.05) is 23.3 Å². The molecular weight excluding hydrogens is 468 g/mol. The summed E-state index contributed by atoms with van der Waals surface area (Å²) in [6, 6.07) is 8.52. The molecule has 1 saturated carbocycles. The van der Waals surface area contributed by atoms with Gasteiger partial charge in [-0.2, -0.15) is 5.10 Å². The number of likely N-dealkylation sites (tertiary alicyclic amines) is 1. The van der Waals surface area contributed by atoms with E-state index in [1.807, 2.05) is 25.4 Å². The van der Waals surface area contributed by atoms with Crippen LogP contribution in [-0.2, 0) is 7.05 Å². The molecule has 2 aromatic heterocycles. The van der Waals surface area contributed by atoms with E-state index in [9.17, 15) is 9.90 Å². The molecule has 3 aromatic rings. The Hall–Kier alpha value is -3.50. The standard InChI is InChI=1S/C27H34N8O2/c1-33-16-20(14-30-33)31-26-24(25(28)36)29-15-23(32-26)34-12-2-5-22-21(34)4-3-13-35(22)27(37)19-10-8-18(9-11-19)17-6-7-17/h8-11,14-17,21-22,25,36H,2-7,12-13,28H2,1H3,(H,31,32)/t21-,22-,25?/m1/s1. The smallest absolute Gasteiger partial charge is 0.254 e. The lowest BCUT2D eigenvalue weighted by atomic mass is 9.87. The van der Waals surface area contributed by atoms with Crippen molar-refractivity contribution in [1.29, 1.82) is 0 Å². The molecule has 0 radical (unpaired) electrons. The third kappa shape index (κ3) is 4.78. The number of anilines is 3. The zero-order valence-corrected chi connectivity index (χ0v) is 21.1. The first kappa shape index (κ1) is 23.9. The van der Waals surface area contributed by atoms with Gasteiger partial charge in [-0.15, -0.1) is 0 Å². The SMILES string of the molecule is Cn1cc(Nc2nc(N3CCC[C@@H]4[C@H]3CCCN4C(=O)c3ccc(C4CC4)cc3)cnc2C(N)O)cn1. The lowest BCUT2D eigenvalue weighted by Crippen LogP contribution is -2.60. The fraction of sp³-hybridized carbons (Fsp3) is 0.481. The molecule has 4 heterocycles. The molecule has 10 nitrogen and oxygen atoms in total. The lowest BCUT2D eigenvalue weighted by Gasteiger charge is -2.49. The van der Waals surface area contributed by atoms with Gasteiger partial charge in [-0.05, 0) is 62.1 Å². The molecular formula is C27H34N8O2. The molecule has 1 aliphatic carbocycles. The highest BCUT2D eigenvalue weighted by Gasteiger charge is 2.41. The Balaban J connectivity index is 1.25. The van der Waals surface area contributed by atoms with Crippen LogP contribution in [0.4, 0.5) is 17.3 Å². The molecule has 6 rings (SSSR count). The molecule has 10 heteroatoms. The second kappa shape index (κ2) is 9.75. The number of piperidine rings is 2. The number of hydrogen-bond acceptors (Lipinski definition) is 8. The van der Waals surface area contributed by atoms with Crippen molar-refractivity contribution >= 4 is 23.2 Å². The zero-order chi connectivity index (χ0) is 25.5. The Morgan fingerprint density at radius 2 is 1.84 bits per heavy atom. The Morgan fingerprint density at radius 1 is 1.08 bits per heavy atom. The Labute approximate surface area is 216 Å². The summed E-state index contributed by atoms with van der Waals surface area (Å²) < 4.78 is 1.68. The van der Waals surface area contributed by atoms with Crippen molar-refractivity contribution in [3.63, 3.8) is 0 Å². The van der Waals surface area contributed by atoms with Crippen molar-refractivity contribution in [2.24, 2.45) is 12.8 Å². The zero-order valence-electron chi connectivity index (χ0n) is 21.1. The fourth-order valence-electron chi connectivity index (χ4n) is 5.86. The van der Waals surface area contributed by atoms with Gasteiger partial charge in [-0.25, -0.2) is 9.97 Å². The number of hydrogen-bond donors (Lipinski definition) is 3. The van der Waals surface area contributed by atoms with Crippen molar-refractivity contribution in [1.82, 2.24) is 24.6 Å². The lowest BCUT2D eigenvalue weighted by molar-refractivity contribution is 0.0524. The van der Waals surface area contributed by atoms with Crippen LogP contribution in [0.3, 0.4) is 0 Å². The molecule has 3 atom stereocenters. The number of nitrogens with two attached hydrogens (primary N) is 1. The van der Waals surface area contributed by atoms with E-state index in [-0.39, 0.29) is 23.7 Å².